The first-order chi connectivity index (χ1) is 7.61. The van der Waals surface area contributed by atoms with Gasteiger partial charge in [-0.3, -0.25) is 0 Å². The third kappa shape index (κ3) is 2.09. The maximum atomic E-state index is 6.02. The van der Waals surface area contributed by atoms with Crippen LogP contribution in [-0.4, -0.2) is 21.8 Å². The summed E-state index contributed by atoms with van der Waals surface area (Å²) >= 11 is 17.7. The zero-order valence-electron chi connectivity index (χ0n) is 8.21. The highest BCUT2D eigenvalue weighted by Crippen LogP contribution is 2.28. The Balaban J connectivity index is 2.56. The summed E-state index contributed by atoms with van der Waals surface area (Å²) in [5.41, 5.74) is 0. The molecule has 2 rings (SSSR count). The molecule has 2 aromatic rings. The van der Waals surface area contributed by atoms with Crippen LogP contribution in [0.25, 0.3) is 5.82 Å². The van der Waals surface area contributed by atoms with Gasteiger partial charge in [0, 0.05) is 7.05 Å². The van der Waals surface area contributed by atoms with Crippen molar-refractivity contribution >= 4 is 40.6 Å². The number of nitrogens with zero attached hydrogens (tertiary/aromatic N) is 3. The Morgan fingerprint density at radius 2 is 2.00 bits per heavy atom. The minimum atomic E-state index is 0.406. The van der Waals surface area contributed by atoms with E-state index in [9.17, 15) is 0 Å². The summed E-state index contributed by atoms with van der Waals surface area (Å²) in [4.78, 5) is 4.24. The van der Waals surface area contributed by atoms with Gasteiger partial charge in [0.2, 0.25) is 0 Å². The van der Waals surface area contributed by atoms with E-state index < -0.39 is 0 Å². The van der Waals surface area contributed by atoms with Crippen molar-refractivity contribution in [1.82, 2.24) is 14.8 Å². The van der Waals surface area contributed by atoms with E-state index in [-0.39, 0.29) is 0 Å². The Morgan fingerprint density at radius 3 is 2.56 bits per heavy atom. The molecule has 16 heavy (non-hydrogen) atoms. The normalized spacial score (nSPS) is 10.5. The lowest BCUT2D eigenvalue weighted by molar-refractivity contribution is 0.848. The Labute approximate surface area is 107 Å². The SMILES string of the molecule is CNc1nc(-n2cc(Cl)cn2)c(Cl)cc1Cl. The standard InChI is InChI=1S/C9H7Cl3N4/c1-13-8-6(11)2-7(12)9(15-8)16-4-5(10)3-14-16/h2-4H,1H3,(H,13,15). The molecule has 0 aromatic carbocycles. The summed E-state index contributed by atoms with van der Waals surface area (Å²) in [5.74, 6) is 1.01. The van der Waals surface area contributed by atoms with Gasteiger partial charge < -0.3 is 5.32 Å². The van der Waals surface area contributed by atoms with Gasteiger partial charge in [-0.2, -0.15) is 5.10 Å². The molecule has 84 valence electrons. The molecule has 0 unspecified atom stereocenters. The molecule has 0 bridgehead atoms. The Bertz CT molecular complexity index is 523. The number of anilines is 1. The molecule has 7 heteroatoms. The maximum absolute atomic E-state index is 6.02. The van der Waals surface area contributed by atoms with Gasteiger partial charge in [-0.05, 0) is 6.07 Å². The van der Waals surface area contributed by atoms with Gasteiger partial charge in [0.15, 0.2) is 5.82 Å². The summed E-state index contributed by atoms with van der Waals surface area (Å²) in [6.45, 7) is 0. The summed E-state index contributed by atoms with van der Waals surface area (Å²) in [6, 6.07) is 1.60. The van der Waals surface area contributed by atoms with E-state index in [2.05, 4.69) is 15.4 Å². The number of hydrogen-bond donors (Lipinski definition) is 1. The first kappa shape index (κ1) is 11.5. The van der Waals surface area contributed by atoms with Gasteiger partial charge in [-0.25, -0.2) is 9.67 Å². The van der Waals surface area contributed by atoms with Crippen molar-refractivity contribution in [2.75, 3.05) is 12.4 Å². The fourth-order valence-corrected chi connectivity index (χ4v) is 1.89. The molecule has 0 aliphatic rings. The van der Waals surface area contributed by atoms with E-state index in [0.717, 1.165) is 0 Å². The van der Waals surface area contributed by atoms with Crippen molar-refractivity contribution in [3.8, 4) is 5.82 Å². The van der Waals surface area contributed by atoms with Crippen molar-refractivity contribution in [2.24, 2.45) is 0 Å². The largest absolute Gasteiger partial charge is 0.372 e. The second kappa shape index (κ2) is 4.49. The second-order valence-corrected chi connectivity index (χ2v) is 4.23. The van der Waals surface area contributed by atoms with Crippen LogP contribution in [0.1, 0.15) is 0 Å². The van der Waals surface area contributed by atoms with E-state index >= 15 is 0 Å². The second-order valence-electron chi connectivity index (χ2n) is 2.98. The van der Waals surface area contributed by atoms with Crippen LogP contribution in [0.4, 0.5) is 5.82 Å². The molecule has 0 aliphatic heterocycles. The monoisotopic (exact) mass is 276 g/mol. The molecule has 0 saturated heterocycles. The number of halogens is 3. The molecule has 0 aliphatic carbocycles. The quantitative estimate of drug-likeness (QED) is 0.916. The van der Waals surface area contributed by atoms with E-state index in [1.807, 2.05) is 0 Å². The van der Waals surface area contributed by atoms with Gasteiger partial charge in [-0.1, -0.05) is 34.8 Å². The summed E-state index contributed by atoms with van der Waals surface area (Å²) in [5, 5.41) is 8.25. The molecule has 2 aromatic heterocycles. The van der Waals surface area contributed by atoms with Gasteiger partial charge in [0.1, 0.15) is 5.82 Å². The molecular weight excluding hydrogens is 270 g/mol. The first-order valence-corrected chi connectivity index (χ1v) is 5.49. The molecule has 0 amide bonds. The van der Waals surface area contributed by atoms with Crippen LogP contribution < -0.4 is 5.32 Å². The lowest BCUT2D eigenvalue weighted by Gasteiger charge is -2.07. The number of rotatable bonds is 2. The highest BCUT2D eigenvalue weighted by Gasteiger charge is 2.10. The van der Waals surface area contributed by atoms with Crippen molar-refractivity contribution in [1.29, 1.82) is 0 Å². The number of aromatic nitrogens is 3. The molecule has 0 radical (unpaired) electrons. The van der Waals surface area contributed by atoms with Crippen molar-refractivity contribution in [3.63, 3.8) is 0 Å². The van der Waals surface area contributed by atoms with Gasteiger partial charge in [0.05, 0.1) is 27.5 Å². The molecule has 0 spiro atoms. The van der Waals surface area contributed by atoms with Crippen LogP contribution in [0, 0.1) is 0 Å². The minimum absolute atomic E-state index is 0.406. The zero-order chi connectivity index (χ0) is 11.7. The summed E-state index contributed by atoms with van der Waals surface area (Å²) in [6.07, 6.45) is 3.12. The molecule has 2 heterocycles. The average Bonchev–Trinajstić information content (AvgIpc) is 2.65. The number of hydrogen-bond acceptors (Lipinski definition) is 3. The third-order valence-corrected chi connectivity index (χ3v) is 2.68. The topological polar surface area (TPSA) is 42.7 Å². The maximum Gasteiger partial charge on any atom is 0.174 e. The van der Waals surface area contributed by atoms with Crippen LogP contribution in [0.2, 0.25) is 15.1 Å². The lowest BCUT2D eigenvalue weighted by atomic mass is 10.4. The van der Waals surface area contributed by atoms with Gasteiger partial charge in [-0.15, -0.1) is 0 Å². The van der Waals surface area contributed by atoms with Crippen LogP contribution >= 0.6 is 34.8 Å². The minimum Gasteiger partial charge on any atom is -0.372 e. The van der Waals surface area contributed by atoms with E-state index in [1.54, 1.807) is 19.3 Å². The lowest BCUT2D eigenvalue weighted by Crippen LogP contribution is -2.02. The smallest absolute Gasteiger partial charge is 0.174 e. The zero-order valence-corrected chi connectivity index (χ0v) is 10.5. The third-order valence-electron chi connectivity index (χ3n) is 1.92. The predicted octanol–water partition coefficient (Wildman–Crippen LogP) is 3.27. The predicted molar refractivity (Wildman–Crippen MR) is 65.9 cm³/mol. The number of pyridine rings is 1. The Kier molecular flexibility index (Phi) is 3.23. The molecule has 1 N–H and O–H groups in total. The summed E-state index contributed by atoms with van der Waals surface area (Å²) < 4.78 is 1.49. The average molecular weight is 278 g/mol. The fourth-order valence-electron chi connectivity index (χ4n) is 1.21. The van der Waals surface area contributed by atoms with Gasteiger partial charge >= 0.3 is 0 Å². The molecule has 0 saturated carbocycles. The highest BCUT2D eigenvalue weighted by atomic mass is 35.5. The van der Waals surface area contributed by atoms with E-state index in [1.165, 1.54) is 10.9 Å². The summed E-state index contributed by atoms with van der Waals surface area (Å²) in [7, 11) is 1.72. The van der Waals surface area contributed by atoms with Crippen LogP contribution in [0.15, 0.2) is 18.5 Å². The van der Waals surface area contributed by atoms with Crippen LogP contribution in [-0.2, 0) is 0 Å². The Hall–Kier alpha value is -0.970. The number of nitrogens with one attached hydrogen (secondary N) is 1. The van der Waals surface area contributed by atoms with Crippen molar-refractivity contribution in [2.45, 2.75) is 0 Å². The molecule has 4 nitrogen and oxygen atoms in total. The first-order valence-electron chi connectivity index (χ1n) is 4.36. The van der Waals surface area contributed by atoms with Crippen molar-refractivity contribution in [3.05, 3.63) is 33.5 Å². The molecular formula is C9H7Cl3N4. The van der Waals surface area contributed by atoms with E-state index in [0.29, 0.717) is 26.7 Å². The van der Waals surface area contributed by atoms with Gasteiger partial charge in [0.25, 0.3) is 0 Å². The van der Waals surface area contributed by atoms with Crippen molar-refractivity contribution < 1.29 is 0 Å². The Morgan fingerprint density at radius 1 is 1.25 bits per heavy atom. The fraction of sp³-hybridized carbons (Fsp3) is 0.111. The van der Waals surface area contributed by atoms with E-state index in [4.69, 9.17) is 34.8 Å². The van der Waals surface area contributed by atoms with Crippen LogP contribution in [0.5, 0.6) is 0 Å². The van der Waals surface area contributed by atoms with Crippen LogP contribution in [0.3, 0.4) is 0 Å². The molecule has 0 fully saturated rings. The highest BCUT2D eigenvalue weighted by molar-refractivity contribution is 6.36. The molecule has 0 atom stereocenters.